The van der Waals surface area contributed by atoms with Crippen LogP contribution in [-0.4, -0.2) is 44.7 Å². The van der Waals surface area contributed by atoms with Crippen LogP contribution < -0.4 is 10.1 Å². The summed E-state index contributed by atoms with van der Waals surface area (Å²) in [6.45, 7) is 1.88. The van der Waals surface area contributed by atoms with E-state index < -0.39 is 0 Å². The highest BCUT2D eigenvalue weighted by atomic mass is 16.5. The number of aryl methyl sites for hydroxylation is 2. The van der Waals surface area contributed by atoms with Gasteiger partial charge in [-0.1, -0.05) is 12.1 Å². The van der Waals surface area contributed by atoms with E-state index >= 15 is 0 Å². The van der Waals surface area contributed by atoms with Crippen molar-refractivity contribution >= 4 is 11.0 Å². The number of para-hydroxylation sites is 2. The maximum Gasteiger partial charge on any atom is 0.157 e. The molecule has 0 spiro atoms. The summed E-state index contributed by atoms with van der Waals surface area (Å²) >= 11 is 0. The molecule has 0 amide bonds. The van der Waals surface area contributed by atoms with Gasteiger partial charge in [0.2, 0.25) is 0 Å². The predicted octanol–water partition coefficient (Wildman–Crippen LogP) is 1.24. The lowest BCUT2D eigenvalue weighted by molar-refractivity contribution is 0.139. The lowest BCUT2D eigenvalue weighted by Crippen LogP contribution is -2.42. The molecule has 3 heterocycles. The van der Waals surface area contributed by atoms with Crippen molar-refractivity contribution in [3.05, 3.63) is 42.5 Å². The topological polar surface area (TPSA) is 66.1 Å². The molecule has 126 valence electrons. The monoisotopic (exact) mass is 327 g/mol. The Balaban J connectivity index is 1.43. The van der Waals surface area contributed by atoms with Gasteiger partial charge in [0.25, 0.3) is 0 Å². The number of rotatable bonds is 5. The molecule has 3 aromatic rings. The summed E-state index contributed by atoms with van der Waals surface area (Å²) in [5.74, 6) is 1.77. The third kappa shape index (κ3) is 2.88. The molecule has 24 heavy (non-hydrogen) atoms. The molecule has 0 saturated carbocycles. The number of aromatic nitrogens is 4. The van der Waals surface area contributed by atoms with Gasteiger partial charge in [-0.25, -0.2) is 4.98 Å². The second kappa shape index (κ2) is 6.26. The van der Waals surface area contributed by atoms with Crippen LogP contribution in [0.5, 0.6) is 5.75 Å². The molecule has 2 aromatic heterocycles. The minimum Gasteiger partial charge on any atom is -0.483 e. The van der Waals surface area contributed by atoms with Gasteiger partial charge in [-0.3, -0.25) is 4.68 Å². The smallest absolute Gasteiger partial charge is 0.157 e. The fourth-order valence-electron chi connectivity index (χ4n) is 3.05. The van der Waals surface area contributed by atoms with Gasteiger partial charge in [0.15, 0.2) is 5.75 Å². The third-order valence-corrected chi connectivity index (χ3v) is 4.40. The largest absolute Gasteiger partial charge is 0.483 e. The number of fused-ring (bicyclic) bond motifs is 1. The highest BCUT2D eigenvalue weighted by Crippen LogP contribution is 2.18. The van der Waals surface area contributed by atoms with Gasteiger partial charge in [0, 0.05) is 14.1 Å². The van der Waals surface area contributed by atoms with Gasteiger partial charge in [-0.2, -0.15) is 5.10 Å². The summed E-state index contributed by atoms with van der Waals surface area (Å²) in [6, 6.07) is 8.29. The van der Waals surface area contributed by atoms with Crippen molar-refractivity contribution in [2.45, 2.75) is 18.7 Å². The highest BCUT2D eigenvalue weighted by molar-refractivity contribution is 5.75. The molecule has 1 aromatic carbocycles. The Morgan fingerprint density at radius 3 is 2.96 bits per heavy atom. The van der Waals surface area contributed by atoms with E-state index in [1.165, 1.54) is 0 Å². The van der Waals surface area contributed by atoms with Crippen LogP contribution in [0.2, 0.25) is 0 Å². The zero-order chi connectivity index (χ0) is 16.5. The Kier molecular flexibility index (Phi) is 3.95. The Morgan fingerprint density at radius 2 is 2.17 bits per heavy atom. The maximum atomic E-state index is 5.99. The second-order valence-electron chi connectivity index (χ2n) is 6.11. The number of ether oxygens (including phenoxy) is 2. The molecule has 0 aliphatic carbocycles. The van der Waals surface area contributed by atoms with Crippen LogP contribution in [0.15, 0.2) is 36.7 Å². The summed E-state index contributed by atoms with van der Waals surface area (Å²) in [5, 5.41) is 7.65. The van der Waals surface area contributed by atoms with E-state index in [4.69, 9.17) is 14.5 Å². The first-order valence-electron chi connectivity index (χ1n) is 8.07. The van der Waals surface area contributed by atoms with Crippen molar-refractivity contribution in [2.24, 2.45) is 14.1 Å². The van der Waals surface area contributed by atoms with Crippen LogP contribution in [0.4, 0.5) is 0 Å². The first-order chi connectivity index (χ1) is 11.7. The highest BCUT2D eigenvalue weighted by Gasteiger charge is 2.30. The number of imidazole rings is 1. The van der Waals surface area contributed by atoms with Gasteiger partial charge in [0.1, 0.15) is 11.9 Å². The van der Waals surface area contributed by atoms with Crippen molar-refractivity contribution in [1.29, 1.82) is 0 Å². The predicted molar refractivity (Wildman–Crippen MR) is 89.8 cm³/mol. The summed E-state index contributed by atoms with van der Waals surface area (Å²) < 4.78 is 15.4. The zero-order valence-electron chi connectivity index (χ0n) is 13.8. The molecule has 1 N–H and O–H groups in total. The van der Waals surface area contributed by atoms with E-state index in [0.717, 1.165) is 22.6 Å². The van der Waals surface area contributed by atoms with Crippen molar-refractivity contribution in [3.8, 4) is 5.75 Å². The standard InChI is InChI=1S/C17H21N5O2/c1-21-9-12(7-19-21)24-16-11-23-10-14(16)18-8-17-20-13-5-3-4-6-15(13)22(17)2/h3-7,9,14,16,18H,8,10-11H2,1-2H3/t14-,16+/m0/s1. The molecule has 1 fully saturated rings. The van der Waals surface area contributed by atoms with E-state index in [1.807, 2.05) is 38.5 Å². The van der Waals surface area contributed by atoms with Crippen LogP contribution in [-0.2, 0) is 25.4 Å². The lowest BCUT2D eigenvalue weighted by Gasteiger charge is -2.19. The van der Waals surface area contributed by atoms with Gasteiger partial charge >= 0.3 is 0 Å². The summed E-state index contributed by atoms with van der Waals surface area (Å²) in [7, 11) is 3.92. The lowest BCUT2D eigenvalue weighted by atomic mass is 10.2. The molecule has 0 unspecified atom stereocenters. The third-order valence-electron chi connectivity index (χ3n) is 4.40. The molecule has 0 radical (unpaired) electrons. The molecular formula is C17H21N5O2. The van der Waals surface area contributed by atoms with E-state index in [-0.39, 0.29) is 12.1 Å². The Morgan fingerprint density at radius 1 is 1.29 bits per heavy atom. The van der Waals surface area contributed by atoms with Crippen molar-refractivity contribution in [2.75, 3.05) is 13.2 Å². The molecule has 1 aliphatic rings. The first-order valence-corrected chi connectivity index (χ1v) is 8.07. The molecule has 1 aliphatic heterocycles. The number of nitrogens with zero attached hydrogens (tertiary/aromatic N) is 4. The quantitative estimate of drug-likeness (QED) is 0.764. The molecule has 7 heteroatoms. The van der Waals surface area contributed by atoms with Gasteiger partial charge < -0.3 is 19.4 Å². The number of benzene rings is 1. The molecule has 1 saturated heterocycles. The Labute approximate surface area is 140 Å². The second-order valence-corrected chi connectivity index (χ2v) is 6.11. The normalized spacial score (nSPS) is 20.8. The summed E-state index contributed by atoms with van der Waals surface area (Å²) in [4.78, 5) is 4.69. The average Bonchev–Trinajstić information content (AvgIpc) is 3.27. The number of hydrogen-bond acceptors (Lipinski definition) is 5. The molecular weight excluding hydrogens is 306 g/mol. The van der Waals surface area contributed by atoms with Crippen LogP contribution in [0.3, 0.4) is 0 Å². The van der Waals surface area contributed by atoms with E-state index in [0.29, 0.717) is 19.8 Å². The van der Waals surface area contributed by atoms with E-state index in [9.17, 15) is 0 Å². The Hall–Kier alpha value is -2.38. The minimum atomic E-state index is -0.0242. The fourth-order valence-corrected chi connectivity index (χ4v) is 3.05. The van der Waals surface area contributed by atoms with Crippen LogP contribution in [0.25, 0.3) is 11.0 Å². The van der Waals surface area contributed by atoms with Crippen molar-refractivity contribution in [1.82, 2.24) is 24.6 Å². The maximum absolute atomic E-state index is 5.99. The fraction of sp³-hybridized carbons (Fsp3) is 0.412. The average molecular weight is 327 g/mol. The van der Waals surface area contributed by atoms with Crippen molar-refractivity contribution < 1.29 is 9.47 Å². The Bertz CT molecular complexity index is 840. The molecule has 4 rings (SSSR count). The number of hydrogen-bond donors (Lipinski definition) is 1. The molecule has 2 atom stereocenters. The van der Waals surface area contributed by atoms with E-state index in [1.54, 1.807) is 10.9 Å². The van der Waals surface area contributed by atoms with Gasteiger partial charge in [-0.05, 0) is 12.1 Å². The van der Waals surface area contributed by atoms with Gasteiger partial charge in [0.05, 0.1) is 49.2 Å². The summed E-state index contributed by atoms with van der Waals surface area (Å²) in [5.41, 5.74) is 2.16. The van der Waals surface area contributed by atoms with Crippen LogP contribution in [0, 0.1) is 0 Å². The van der Waals surface area contributed by atoms with E-state index in [2.05, 4.69) is 21.0 Å². The molecule has 7 nitrogen and oxygen atoms in total. The zero-order valence-corrected chi connectivity index (χ0v) is 13.8. The number of nitrogens with one attached hydrogen (secondary N) is 1. The van der Waals surface area contributed by atoms with Crippen molar-refractivity contribution in [3.63, 3.8) is 0 Å². The first kappa shape index (κ1) is 15.2. The minimum absolute atomic E-state index is 0.0242. The van der Waals surface area contributed by atoms with Gasteiger partial charge in [-0.15, -0.1) is 0 Å². The van der Waals surface area contributed by atoms with Crippen LogP contribution in [0.1, 0.15) is 5.82 Å². The SMILES string of the molecule is Cn1cc(O[C@@H]2COC[C@@H]2NCc2nc3ccccc3n2C)cn1. The van der Waals surface area contributed by atoms with Crippen LogP contribution >= 0.6 is 0 Å². The molecule has 0 bridgehead atoms. The summed E-state index contributed by atoms with van der Waals surface area (Å²) in [6.07, 6.45) is 3.56.